The molecule has 1 heterocycles. The lowest BCUT2D eigenvalue weighted by Gasteiger charge is -1.93. The molecule has 0 bridgehead atoms. The first-order valence-electron chi connectivity index (χ1n) is 3.11. The quantitative estimate of drug-likeness (QED) is 0.601. The van der Waals surface area contributed by atoms with Crippen LogP contribution in [0.1, 0.15) is 5.56 Å². The molecule has 0 spiro atoms. The van der Waals surface area contributed by atoms with Crippen molar-refractivity contribution >= 4 is 0 Å². The third kappa shape index (κ3) is 1.70. The molecule has 1 aromatic heterocycles. The zero-order valence-electron chi connectivity index (χ0n) is 5.50. The van der Waals surface area contributed by atoms with Gasteiger partial charge >= 0.3 is 0 Å². The van der Waals surface area contributed by atoms with Crippen molar-refractivity contribution < 1.29 is 5.11 Å². The van der Waals surface area contributed by atoms with Gasteiger partial charge in [-0.3, -0.25) is 4.79 Å². The molecular formula is C7H9NO2. The fraction of sp³-hybridized carbons (Fsp3) is 0.286. The van der Waals surface area contributed by atoms with Crippen LogP contribution in [0.4, 0.5) is 0 Å². The van der Waals surface area contributed by atoms with Gasteiger partial charge in [0.2, 0.25) is 5.56 Å². The number of H-pyrrole nitrogens is 1. The zero-order valence-corrected chi connectivity index (χ0v) is 5.50. The predicted molar refractivity (Wildman–Crippen MR) is 37.9 cm³/mol. The highest BCUT2D eigenvalue weighted by molar-refractivity contribution is 5.08. The number of aromatic amines is 1. The first kappa shape index (κ1) is 7.02. The Morgan fingerprint density at radius 1 is 1.50 bits per heavy atom. The van der Waals surface area contributed by atoms with Crippen LogP contribution in [-0.4, -0.2) is 16.7 Å². The first-order valence-corrected chi connectivity index (χ1v) is 3.11. The van der Waals surface area contributed by atoms with Crippen LogP contribution in [0.2, 0.25) is 0 Å². The van der Waals surface area contributed by atoms with Crippen LogP contribution < -0.4 is 5.56 Å². The highest BCUT2D eigenvalue weighted by atomic mass is 16.2. The van der Waals surface area contributed by atoms with Gasteiger partial charge in [-0.1, -0.05) is 6.07 Å². The standard InChI is InChI=1S/C7H9NO2/c9-4-3-6-1-2-7(10)8-5-6/h1-2,5,9H,3-4H2,(H,8,10). The summed E-state index contributed by atoms with van der Waals surface area (Å²) in [5.74, 6) is 0. The second-order valence-corrected chi connectivity index (χ2v) is 2.03. The van der Waals surface area contributed by atoms with E-state index in [4.69, 9.17) is 5.11 Å². The maximum atomic E-state index is 10.5. The van der Waals surface area contributed by atoms with Crippen molar-refractivity contribution in [3.8, 4) is 0 Å². The summed E-state index contributed by atoms with van der Waals surface area (Å²) in [6, 6.07) is 3.15. The molecule has 0 amide bonds. The summed E-state index contributed by atoms with van der Waals surface area (Å²) < 4.78 is 0. The first-order chi connectivity index (χ1) is 4.83. The minimum atomic E-state index is -0.110. The molecule has 0 unspecified atom stereocenters. The average molecular weight is 139 g/mol. The molecule has 0 fully saturated rings. The van der Waals surface area contributed by atoms with E-state index >= 15 is 0 Å². The van der Waals surface area contributed by atoms with E-state index < -0.39 is 0 Å². The molecule has 3 nitrogen and oxygen atoms in total. The molecule has 1 rings (SSSR count). The van der Waals surface area contributed by atoms with E-state index in [9.17, 15) is 4.79 Å². The lowest BCUT2D eigenvalue weighted by Crippen LogP contribution is -2.03. The second-order valence-electron chi connectivity index (χ2n) is 2.03. The van der Waals surface area contributed by atoms with E-state index in [1.54, 1.807) is 12.3 Å². The summed E-state index contributed by atoms with van der Waals surface area (Å²) >= 11 is 0. The molecule has 0 aromatic carbocycles. The SMILES string of the molecule is O=c1ccc(CCO)c[nH]1. The number of rotatable bonds is 2. The Morgan fingerprint density at radius 2 is 2.30 bits per heavy atom. The molecule has 0 saturated heterocycles. The second kappa shape index (κ2) is 3.17. The van der Waals surface area contributed by atoms with Crippen molar-refractivity contribution in [3.63, 3.8) is 0 Å². The topological polar surface area (TPSA) is 53.1 Å². The van der Waals surface area contributed by atoms with E-state index in [0.717, 1.165) is 5.56 Å². The highest BCUT2D eigenvalue weighted by Gasteiger charge is 1.88. The summed E-state index contributed by atoms with van der Waals surface area (Å²) in [7, 11) is 0. The summed E-state index contributed by atoms with van der Waals surface area (Å²) in [6.07, 6.45) is 2.20. The Labute approximate surface area is 58.3 Å². The van der Waals surface area contributed by atoms with Crippen LogP contribution in [-0.2, 0) is 6.42 Å². The van der Waals surface area contributed by atoms with Crippen LogP contribution in [0.5, 0.6) is 0 Å². The monoisotopic (exact) mass is 139 g/mol. The van der Waals surface area contributed by atoms with Gasteiger partial charge in [0.25, 0.3) is 0 Å². The largest absolute Gasteiger partial charge is 0.396 e. The van der Waals surface area contributed by atoms with Gasteiger partial charge in [-0.25, -0.2) is 0 Å². The molecular weight excluding hydrogens is 130 g/mol. The lowest BCUT2D eigenvalue weighted by atomic mass is 10.2. The predicted octanol–water partition coefficient (Wildman–Crippen LogP) is -0.0903. The van der Waals surface area contributed by atoms with Crippen molar-refractivity contribution in [1.82, 2.24) is 4.98 Å². The molecule has 2 N–H and O–H groups in total. The molecule has 54 valence electrons. The molecule has 0 aliphatic heterocycles. The van der Waals surface area contributed by atoms with E-state index in [0.29, 0.717) is 6.42 Å². The normalized spacial score (nSPS) is 9.70. The molecule has 0 aliphatic carbocycles. The lowest BCUT2D eigenvalue weighted by molar-refractivity contribution is 0.299. The summed E-state index contributed by atoms with van der Waals surface area (Å²) in [5, 5.41) is 8.50. The number of aromatic nitrogens is 1. The Bertz CT molecular complexity index is 234. The fourth-order valence-electron chi connectivity index (χ4n) is 0.727. The molecule has 10 heavy (non-hydrogen) atoms. The molecule has 0 atom stereocenters. The molecule has 0 saturated carbocycles. The van der Waals surface area contributed by atoms with Gasteiger partial charge in [-0.15, -0.1) is 0 Å². The van der Waals surface area contributed by atoms with Gasteiger partial charge < -0.3 is 10.1 Å². The van der Waals surface area contributed by atoms with Crippen LogP contribution in [0, 0.1) is 0 Å². The minimum absolute atomic E-state index is 0.110. The summed E-state index contributed by atoms with van der Waals surface area (Å²) in [4.78, 5) is 13.0. The van der Waals surface area contributed by atoms with Crippen LogP contribution >= 0.6 is 0 Å². The van der Waals surface area contributed by atoms with Gasteiger partial charge in [0.15, 0.2) is 0 Å². The van der Waals surface area contributed by atoms with Gasteiger partial charge in [0.05, 0.1) is 0 Å². The third-order valence-electron chi connectivity index (χ3n) is 1.25. The van der Waals surface area contributed by atoms with E-state index in [2.05, 4.69) is 4.98 Å². The van der Waals surface area contributed by atoms with Crippen molar-refractivity contribution in [2.75, 3.05) is 6.61 Å². The number of aliphatic hydroxyl groups excluding tert-OH is 1. The van der Waals surface area contributed by atoms with Crippen molar-refractivity contribution in [1.29, 1.82) is 0 Å². The summed E-state index contributed by atoms with van der Waals surface area (Å²) in [5.41, 5.74) is 0.837. The van der Waals surface area contributed by atoms with E-state index in [1.807, 2.05) is 0 Å². The maximum Gasteiger partial charge on any atom is 0.247 e. The van der Waals surface area contributed by atoms with Crippen LogP contribution in [0.3, 0.4) is 0 Å². The molecule has 0 aliphatic rings. The van der Waals surface area contributed by atoms with E-state index in [1.165, 1.54) is 6.07 Å². The minimum Gasteiger partial charge on any atom is -0.396 e. The number of aliphatic hydroxyl groups is 1. The van der Waals surface area contributed by atoms with Gasteiger partial charge in [0, 0.05) is 18.9 Å². The van der Waals surface area contributed by atoms with Crippen molar-refractivity contribution in [2.24, 2.45) is 0 Å². The summed E-state index contributed by atoms with van der Waals surface area (Å²) in [6.45, 7) is 0.117. The van der Waals surface area contributed by atoms with Gasteiger partial charge in [-0.2, -0.15) is 0 Å². The maximum absolute atomic E-state index is 10.5. The number of hydrogen-bond acceptors (Lipinski definition) is 2. The smallest absolute Gasteiger partial charge is 0.247 e. The highest BCUT2D eigenvalue weighted by Crippen LogP contribution is 1.92. The number of hydrogen-bond donors (Lipinski definition) is 2. The molecule has 0 radical (unpaired) electrons. The Hall–Kier alpha value is -1.09. The molecule has 3 heteroatoms. The Morgan fingerprint density at radius 3 is 2.80 bits per heavy atom. The van der Waals surface area contributed by atoms with Crippen LogP contribution in [0.25, 0.3) is 0 Å². The van der Waals surface area contributed by atoms with E-state index in [-0.39, 0.29) is 12.2 Å². The number of pyridine rings is 1. The Balaban J connectivity index is 2.79. The zero-order chi connectivity index (χ0) is 7.40. The van der Waals surface area contributed by atoms with Gasteiger partial charge in [0.1, 0.15) is 0 Å². The van der Waals surface area contributed by atoms with Gasteiger partial charge in [-0.05, 0) is 12.0 Å². The van der Waals surface area contributed by atoms with Crippen molar-refractivity contribution in [2.45, 2.75) is 6.42 Å². The van der Waals surface area contributed by atoms with Crippen molar-refractivity contribution in [3.05, 3.63) is 34.2 Å². The average Bonchev–Trinajstić information content (AvgIpc) is 1.95. The molecule has 1 aromatic rings. The van der Waals surface area contributed by atoms with Crippen LogP contribution in [0.15, 0.2) is 23.1 Å². The number of nitrogens with one attached hydrogen (secondary N) is 1. The third-order valence-corrected chi connectivity index (χ3v) is 1.25. The Kier molecular flexibility index (Phi) is 2.23. The fourth-order valence-corrected chi connectivity index (χ4v) is 0.727.